The molecule has 6 nitrogen and oxygen atoms in total. The summed E-state index contributed by atoms with van der Waals surface area (Å²) >= 11 is 2.37. The Morgan fingerprint density at radius 3 is 2.88 bits per heavy atom. The molecule has 0 aliphatic heterocycles. The van der Waals surface area contributed by atoms with Crippen molar-refractivity contribution >= 4 is 44.7 Å². The molecule has 0 bridgehead atoms. The van der Waals surface area contributed by atoms with Gasteiger partial charge in [0.25, 0.3) is 0 Å². The predicted octanol–water partition coefficient (Wildman–Crippen LogP) is 4.47. The van der Waals surface area contributed by atoms with E-state index in [1.807, 2.05) is 18.5 Å². The molecule has 0 amide bonds. The van der Waals surface area contributed by atoms with E-state index in [1.165, 1.54) is 0 Å². The van der Waals surface area contributed by atoms with Crippen LogP contribution in [0.3, 0.4) is 0 Å². The first-order valence-electron chi connectivity index (χ1n) is 8.34. The summed E-state index contributed by atoms with van der Waals surface area (Å²) < 4.78 is 1.05. The van der Waals surface area contributed by atoms with E-state index in [2.05, 4.69) is 77.0 Å². The largest absolute Gasteiger partial charge is 0.345 e. The molecular weight excluding hydrogens is 439 g/mol. The van der Waals surface area contributed by atoms with Crippen LogP contribution in [0.25, 0.3) is 44.5 Å². The van der Waals surface area contributed by atoms with E-state index in [0.717, 1.165) is 61.1 Å². The summed E-state index contributed by atoms with van der Waals surface area (Å²) in [6.07, 6.45) is 6.57. The summed E-state index contributed by atoms with van der Waals surface area (Å²) in [5, 5.41) is 8.14. The third kappa shape index (κ3) is 2.59. The molecule has 4 aromatic heterocycles. The van der Waals surface area contributed by atoms with E-state index in [0.29, 0.717) is 0 Å². The van der Waals surface area contributed by atoms with Crippen LogP contribution >= 0.6 is 22.6 Å². The van der Waals surface area contributed by atoms with Crippen molar-refractivity contribution in [3.05, 3.63) is 54.7 Å². The van der Waals surface area contributed by atoms with Crippen LogP contribution in [0.15, 0.2) is 48.9 Å². The fraction of sp³-hybridized carbons (Fsp3) is 0.105. The van der Waals surface area contributed by atoms with Gasteiger partial charge in [0, 0.05) is 46.0 Å². The van der Waals surface area contributed by atoms with Crippen molar-refractivity contribution in [1.29, 1.82) is 0 Å². The van der Waals surface area contributed by atoms with Crippen LogP contribution in [0, 0.1) is 0 Å². The number of benzene rings is 1. The van der Waals surface area contributed by atoms with Gasteiger partial charge in [-0.2, -0.15) is 5.10 Å². The zero-order valence-electron chi connectivity index (χ0n) is 13.8. The lowest BCUT2D eigenvalue weighted by atomic mass is 10.0. The highest BCUT2D eigenvalue weighted by Crippen LogP contribution is 2.30. The molecule has 7 heteroatoms. The molecule has 0 unspecified atom stereocenters. The minimum absolute atomic E-state index is 0.866. The lowest BCUT2D eigenvalue weighted by Gasteiger charge is -2.03. The maximum Gasteiger partial charge on any atom is 0.137 e. The van der Waals surface area contributed by atoms with Gasteiger partial charge < -0.3 is 9.97 Å². The Morgan fingerprint density at radius 1 is 1.08 bits per heavy atom. The van der Waals surface area contributed by atoms with Gasteiger partial charge in [-0.25, -0.2) is 9.97 Å². The Hall–Kier alpha value is -2.68. The van der Waals surface area contributed by atoms with Crippen molar-refractivity contribution in [1.82, 2.24) is 30.1 Å². The van der Waals surface area contributed by atoms with Gasteiger partial charge in [0.1, 0.15) is 11.5 Å². The number of halogens is 1. The van der Waals surface area contributed by atoms with Crippen molar-refractivity contribution in [2.24, 2.45) is 0 Å². The third-order valence-corrected chi connectivity index (χ3v) is 5.06. The number of aromatic amines is 3. The predicted molar refractivity (Wildman–Crippen MR) is 111 cm³/mol. The van der Waals surface area contributed by atoms with Gasteiger partial charge in [-0.05, 0) is 29.8 Å². The van der Waals surface area contributed by atoms with Crippen molar-refractivity contribution in [2.45, 2.75) is 6.42 Å². The van der Waals surface area contributed by atoms with E-state index in [4.69, 9.17) is 0 Å². The zero-order valence-corrected chi connectivity index (χ0v) is 15.9. The van der Waals surface area contributed by atoms with E-state index in [1.54, 1.807) is 6.20 Å². The van der Waals surface area contributed by atoms with Crippen molar-refractivity contribution in [2.75, 3.05) is 4.43 Å². The summed E-state index contributed by atoms with van der Waals surface area (Å²) in [4.78, 5) is 15.9. The Kier molecular flexibility index (Phi) is 3.74. The number of imidazole rings is 1. The molecule has 1 aromatic carbocycles. The highest BCUT2D eigenvalue weighted by atomic mass is 127. The van der Waals surface area contributed by atoms with Gasteiger partial charge in [-0.3, -0.25) is 5.10 Å². The normalized spacial score (nSPS) is 11.6. The van der Waals surface area contributed by atoms with Crippen molar-refractivity contribution in [3.63, 3.8) is 0 Å². The van der Waals surface area contributed by atoms with Gasteiger partial charge in [0.2, 0.25) is 0 Å². The van der Waals surface area contributed by atoms with Crippen LogP contribution < -0.4 is 0 Å². The second-order valence-corrected chi connectivity index (χ2v) is 7.23. The van der Waals surface area contributed by atoms with E-state index < -0.39 is 0 Å². The highest BCUT2D eigenvalue weighted by molar-refractivity contribution is 14.1. The average molecular weight is 454 g/mol. The first kappa shape index (κ1) is 15.6. The summed E-state index contributed by atoms with van der Waals surface area (Å²) in [5.74, 6) is 1.03. The molecular formula is C19H15IN6. The molecule has 0 aliphatic rings. The van der Waals surface area contributed by atoms with Crippen LogP contribution in [0.1, 0.15) is 5.82 Å². The van der Waals surface area contributed by atoms with Crippen LogP contribution in [0.4, 0.5) is 0 Å². The molecule has 5 rings (SSSR count). The highest BCUT2D eigenvalue weighted by Gasteiger charge is 2.11. The Bertz CT molecular complexity index is 1200. The number of hydrogen-bond donors (Lipinski definition) is 3. The maximum atomic E-state index is 4.63. The molecule has 0 saturated heterocycles. The Balaban J connectivity index is 1.62. The minimum Gasteiger partial charge on any atom is -0.345 e. The van der Waals surface area contributed by atoms with Gasteiger partial charge in [0.15, 0.2) is 0 Å². The fourth-order valence-electron chi connectivity index (χ4n) is 3.24. The molecule has 0 aliphatic carbocycles. The fourth-order valence-corrected chi connectivity index (χ4v) is 3.75. The smallest absolute Gasteiger partial charge is 0.137 e. The number of fused-ring (bicyclic) bond motifs is 2. The van der Waals surface area contributed by atoms with Crippen molar-refractivity contribution in [3.8, 4) is 22.4 Å². The molecule has 5 aromatic rings. The molecule has 0 radical (unpaired) electrons. The SMILES string of the molecule is ICCc1nc2ccc(-c3cnc4[nH]cc(-c5ccn[nH]5)c4c3)cc2[nH]1. The summed E-state index contributed by atoms with van der Waals surface area (Å²) in [6, 6.07) is 10.4. The van der Waals surface area contributed by atoms with Crippen LogP contribution in [0.5, 0.6) is 0 Å². The first-order chi connectivity index (χ1) is 12.8. The van der Waals surface area contributed by atoms with Crippen LogP contribution in [0.2, 0.25) is 0 Å². The molecule has 0 spiro atoms. The number of rotatable bonds is 4. The molecule has 128 valence electrons. The molecule has 3 N–H and O–H groups in total. The van der Waals surface area contributed by atoms with Gasteiger partial charge in [0.05, 0.1) is 16.7 Å². The van der Waals surface area contributed by atoms with E-state index >= 15 is 0 Å². The van der Waals surface area contributed by atoms with Gasteiger partial charge >= 0.3 is 0 Å². The number of hydrogen-bond acceptors (Lipinski definition) is 3. The summed E-state index contributed by atoms with van der Waals surface area (Å²) in [7, 11) is 0. The zero-order chi connectivity index (χ0) is 17.5. The number of aromatic nitrogens is 6. The number of nitrogens with zero attached hydrogens (tertiary/aromatic N) is 3. The molecule has 0 atom stereocenters. The van der Waals surface area contributed by atoms with Gasteiger partial charge in [-0.1, -0.05) is 28.7 Å². The lowest BCUT2D eigenvalue weighted by molar-refractivity contribution is 1.02. The topological polar surface area (TPSA) is 86.0 Å². The molecule has 0 saturated carbocycles. The average Bonchev–Trinajstić information content (AvgIpc) is 3.39. The Morgan fingerprint density at radius 2 is 2.04 bits per heavy atom. The number of aryl methyl sites for hydroxylation is 1. The van der Waals surface area contributed by atoms with Gasteiger partial charge in [-0.15, -0.1) is 0 Å². The lowest BCUT2D eigenvalue weighted by Crippen LogP contribution is -1.86. The van der Waals surface area contributed by atoms with E-state index in [-0.39, 0.29) is 0 Å². The number of nitrogens with one attached hydrogen (secondary N) is 3. The maximum absolute atomic E-state index is 4.63. The monoisotopic (exact) mass is 454 g/mol. The Labute approximate surface area is 162 Å². The van der Waals surface area contributed by atoms with Crippen LogP contribution in [-0.2, 0) is 6.42 Å². The van der Waals surface area contributed by atoms with Crippen LogP contribution in [-0.4, -0.2) is 34.6 Å². The van der Waals surface area contributed by atoms with E-state index in [9.17, 15) is 0 Å². The quantitative estimate of drug-likeness (QED) is 0.277. The first-order valence-corrected chi connectivity index (χ1v) is 9.86. The third-order valence-electron chi connectivity index (χ3n) is 4.52. The number of alkyl halides is 1. The second kappa shape index (κ2) is 6.24. The molecule has 4 heterocycles. The van der Waals surface area contributed by atoms with Crippen molar-refractivity contribution < 1.29 is 0 Å². The second-order valence-electron chi connectivity index (χ2n) is 6.15. The number of pyridine rings is 1. The summed E-state index contributed by atoms with van der Waals surface area (Å²) in [6.45, 7) is 0. The number of H-pyrrole nitrogens is 3. The molecule has 0 fully saturated rings. The molecule has 26 heavy (non-hydrogen) atoms. The summed E-state index contributed by atoms with van der Waals surface area (Å²) in [5.41, 5.74) is 7.16. The standard InChI is InChI=1S/C19H15IN6/c20-5-3-18-24-16-2-1-11(8-17(16)25-18)12-7-13-14(15-4-6-23-26-15)10-22-19(13)21-9-12/h1-2,4,6-10H,3,5H2,(H,21,22)(H,23,26)(H,24,25). The minimum atomic E-state index is 0.866.